The summed E-state index contributed by atoms with van der Waals surface area (Å²) in [5, 5.41) is 3.30. The summed E-state index contributed by atoms with van der Waals surface area (Å²) in [5.41, 5.74) is 1.44. The molecule has 0 unspecified atom stereocenters. The largest absolute Gasteiger partial charge is 0.492 e. The Morgan fingerprint density at radius 3 is 2.62 bits per heavy atom. The number of rotatable bonds is 7. The highest BCUT2D eigenvalue weighted by Crippen LogP contribution is 2.30. The second-order valence-corrected chi connectivity index (χ2v) is 6.57. The number of carbonyl (C=O) groups excluding carboxylic acids is 1. The first kappa shape index (κ1) is 18.0. The van der Waals surface area contributed by atoms with E-state index in [2.05, 4.69) is 28.2 Å². The molecular weight excluding hydrogens is 334 g/mol. The fourth-order valence-electron chi connectivity index (χ4n) is 1.98. The number of hydrogen-bond acceptors (Lipinski definition) is 4. The summed E-state index contributed by atoms with van der Waals surface area (Å²) in [6.07, 6.45) is 0. The molecule has 118 valence electrons. The summed E-state index contributed by atoms with van der Waals surface area (Å²) in [4.78, 5) is 11.7. The second-order valence-electron chi connectivity index (χ2n) is 5.66. The van der Waals surface area contributed by atoms with Crippen LogP contribution in [0.15, 0.2) is 16.6 Å². The zero-order chi connectivity index (χ0) is 16.0. The predicted octanol–water partition coefficient (Wildman–Crippen LogP) is 3.45. The minimum Gasteiger partial charge on any atom is -0.492 e. The van der Waals surface area contributed by atoms with Gasteiger partial charge in [0.15, 0.2) is 0 Å². The number of halogens is 1. The summed E-state index contributed by atoms with van der Waals surface area (Å²) in [6, 6.07) is 4.05. The molecule has 0 bridgehead atoms. The normalized spacial score (nSPS) is 11.3. The van der Waals surface area contributed by atoms with E-state index in [4.69, 9.17) is 9.47 Å². The Bertz CT molecular complexity index is 501. The summed E-state index contributed by atoms with van der Waals surface area (Å²) in [5.74, 6) is 0.557. The van der Waals surface area contributed by atoms with Crippen molar-refractivity contribution in [3.8, 4) is 5.75 Å². The number of ether oxygens (including phenoxy) is 2. The topological polar surface area (TPSA) is 47.6 Å². The lowest BCUT2D eigenvalue weighted by Crippen LogP contribution is -2.32. The summed E-state index contributed by atoms with van der Waals surface area (Å²) >= 11 is 3.51. The molecule has 0 spiro atoms. The van der Waals surface area contributed by atoms with Crippen LogP contribution in [0.4, 0.5) is 0 Å². The Hall–Kier alpha value is -1.07. The summed E-state index contributed by atoms with van der Waals surface area (Å²) in [6.45, 7) is 9.59. The van der Waals surface area contributed by atoms with Crippen LogP contribution in [0.5, 0.6) is 5.75 Å². The maximum Gasteiger partial charge on any atom is 0.314 e. The molecule has 0 heterocycles. The molecular formula is C16H24BrNO3. The van der Waals surface area contributed by atoms with Gasteiger partial charge in [0.05, 0.1) is 12.5 Å². The van der Waals surface area contributed by atoms with Crippen molar-refractivity contribution in [3.63, 3.8) is 0 Å². The van der Waals surface area contributed by atoms with Crippen molar-refractivity contribution in [2.45, 2.75) is 34.2 Å². The molecule has 0 atom stereocenters. The first-order valence-electron chi connectivity index (χ1n) is 7.02. The first-order valence-corrected chi connectivity index (χ1v) is 7.82. The zero-order valence-electron chi connectivity index (χ0n) is 13.4. The molecule has 1 rings (SSSR count). The molecule has 0 saturated carbocycles. The van der Waals surface area contributed by atoms with E-state index in [9.17, 15) is 4.79 Å². The highest BCUT2D eigenvalue weighted by molar-refractivity contribution is 9.10. The monoisotopic (exact) mass is 357 g/mol. The van der Waals surface area contributed by atoms with Gasteiger partial charge in [0.1, 0.15) is 12.4 Å². The Balaban J connectivity index is 2.94. The Morgan fingerprint density at radius 2 is 2.05 bits per heavy atom. The Labute approximate surface area is 135 Å². The lowest BCUT2D eigenvalue weighted by Gasteiger charge is -2.23. The van der Waals surface area contributed by atoms with Gasteiger partial charge in [-0.2, -0.15) is 0 Å². The van der Waals surface area contributed by atoms with Gasteiger partial charge in [-0.25, -0.2) is 0 Å². The van der Waals surface area contributed by atoms with E-state index in [1.165, 1.54) is 7.11 Å². The second kappa shape index (κ2) is 7.80. The van der Waals surface area contributed by atoms with Crippen molar-refractivity contribution in [2.24, 2.45) is 5.41 Å². The molecule has 21 heavy (non-hydrogen) atoms. The summed E-state index contributed by atoms with van der Waals surface area (Å²) < 4.78 is 11.8. The standard InChI is InChI=1S/C16H24BrNO3/c1-6-18-9-12-8-13(17)7-11(2)14(12)21-10-16(3,4)15(19)20-5/h7-8,18H,6,9-10H2,1-5H3. The molecule has 0 aliphatic heterocycles. The molecule has 0 aliphatic rings. The van der Waals surface area contributed by atoms with Crippen molar-refractivity contribution in [1.29, 1.82) is 0 Å². The zero-order valence-corrected chi connectivity index (χ0v) is 15.0. The quantitative estimate of drug-likeness (QED) is 0.759. The number of aryl methyl sites for hydroxylation is 1. The number of carbonyl (C=O) groups is 1. The third-order valence-electron chi connectivity index (χ3n) is 3.20. The minimum atomic E-state index is -0.677. The van der Waals surface area contributed by atoms with E-state index in [0.29, 0.717) is 0 Å². The molecule has 1 aromatic rings. The van der Waals surface area contributed by atoms with E-state index >= 15 is 0 Å². The van der Waals surface area contributed by atoms with Gasteiger partial charge < -0.3 is 14.8 Å². The van der Waals surface area contributed by atoms with Crippen LogP contribution in [0.2, 0.25) is 0 Å². The smallest absolute Gasteiger partial charge is 0.314 e. The predicted molar refractivity (Wildman–Crippen MR) is 87.6 cm³/mol. The van der Waals surface area contributed by atoms with E-state index in [1.807, 2.05) is 32.9 Å². The van der Waals surface area contributed by atoms with Gasteiger partial charge in [-0.05, 0) is 45.0 Å². The third-order valence-corrected chi connectivity index (χ3v) is 3.65. The maximum absolute atomic E-state index is 11.7. The van der Waals surface area contributed by atoms with Crippen LogP contribution in [0.1, 0.15) is 31.9 Å². The van der Waals surface area contributed by atoms with Crippen LogP contribution >= 0.6 is 15.9 Å². The van der Waals surface area contributed by atoms with Crippen molar-refractivity contribution < 1.29 is 14.3 Å². The molecule has 0 saturated heterocycles. The van der Waals surface area contributed by atoms with Gasteiger partial charge >= 0.3 is 5.97 Å². The number of hydrogen-bond donors (Lipinski definition) is 1. The van der Waals surface area contributed by atoms with Crippen LogP contribution in [0, 0.1) is 12.3 Å². The SMILES string of the molecule is CCNCc1cc(Br)cc(C)c1OCC(C)(C)C(=O)OC. The lowest BCUT2D eigenvalue weighted by molar-refractivity contribution is -0.152. The van der Waals surface area contributed by atoms with Gasteiger partial charge in [-0.15, -0.1) is 0 Å². The highest BCUT2D eigenvalue weighted by Gasteiger charge is 2.30. The van der Waals surface area contributed by atoms with E-state index in [0.717, 1.165) is 34.4 Å². The van der Waals surface area contributed by atoms with Gasteiger partial charge in [-0.3, -0.25) is 4.79 Å². The molecule has 1 N–H and O–H groups in total. The summed E-state index contributed by atoms with van der Waals surface area (Å²) in [7, 11) is 1.39. The maximum atomic E-state index is 11.7. The molecule has 0 aromatic heterocycles. The lowest BCUT2D eigenvalue weighted by atomic mass is 9.95. The minimum absolute atomic E-state index is 0.273. The van der Waals surface area contributed by atoms with E-state index in [1.54, 1.807) is 0 Å². The van der Waals surface area contributed by atoms with Crippen LogP contribution < -0.4 is 10.1 Å². The third kappa shape index (κ3) is 5.00. The van der Waals surface area contributed by atoms with Gasteiger partial charge in [0, 0.05) is 16.6 Å². The van der Waals surface area contributed by atoms with E-state index in [-0.39, 0.29) is 12.6 Å². The average molecular weight is 358 g/mol. The molecule has 0 fully saturated rings. The van der Waals surface area contributed by atoms with Gasteiger partial charge in [-0.1, -0.05) is 22.9 Å². The van der Waals surface area contributed by atoms with Gasteiger partial charge in [0.25, 0.3) is 0 Å². The number of benzene rings is 1. The highest BCUT2D eigenvalue weighted by atomic mass is 79.9. The van der Waals surface area contributed by atoms with E-state index < -0.39 is 5.41 Å². The molecule has 0 amide bonds. The van der Waals surface area contributed by atoms with Crippen LogP contribution in [-0.2, 0) is 16.1 Å². The van der Waals surface area contributed by atoms with Crippen LogP contribution in [0.3, 0.4) is 0 Å². The molecule has 1 aromatic carbocycles. The van der Waals surface area contributed by atoms with Crippen molar-refractivity contribution in [1.82, 2.24) is 5.32 Å². The molecule has 5 heteroatoms. The molecule has 4 nitrogen and oxygen atoms in total. The fourth-order valence-corrected chi connectivity index (χ4v) is 2.60. The van der Waals surface area contributed by atoms with Crippen molar-refractivity contribution in [3.05, 3.63) is 27.7 Å². The first-order chi connectivity index (χ1) is 9.81. The number of esters is 1. The van der Waals surface area contributed by atoms with Crippen LogP contribution in [-0.4, -0.2) is 26.2 Å². The van der Waals surface area contributed by atoms with Crippen LogP contribution in [0.25, 0.3) is 0 Å². The number of methoxy groups -OCH3 is 1. The van der Waals surface area contributed by atoms with Crippen molar-refractivity contribution >= 4 is 21.9 Å². The molecule has 0 radical (unpaired) electrons. The Morgan fingerprint density at radius 1 is 1.38 bits per heavy atom. The molecule has 0 aliphatic carbocycles. The number of nitrogens with one attached hydrogen (secondary N) is 1. The fraction of sp³-hybridized carbons (Fsp3) is 0.562. The Kier molecular flexibility index (Phi) is 6.68. The average Bonchev–Trinajstić information content (AvgIpc) is 2.42. The van der Waals surface area contributed by atoms with Gasteiger partial charge in [0.2, 0.25) is 0 Å². The van der Waals surface area contributed by atoms with Crippen molar-refractivity contribution in [2.75, 3.05) is 20.3 Å².